The van der Waals surface area contributed by atoms with Crippen LogP contribution in [0.4, 0.5) is 0 Å². The van der Waals surface area contributed by atoms with Crippen LogP contribution in [0.5, 0.6) is 0 Å². The molecule has 0 saturated carbocycles. The summed E-state index contributed by atoms with van der Waals surface area (Å²) >= 11 is 0. The number of rotatable bonds is 2. The number of ether oxygens (including phenoxy) is 1. The van der Waals surface area contributed by atoms with E-state index in [-0.39, 0.29) is 0 Å². The van der Waals surface area contributed by atoms with Crippen molar-refractivity contribution in [3.8, 4) is 0 Å². The van der Waals surface area contributed by atoms with Crippen LogP contribution in [-0.4, -0.2) is 19.3 Å². The molecule has 1 aromatic rings. The van der Waals surface area contributed by atoms with Crippen LogP contribution in [-0.2, 0) is 17.6 Å². The fraction of sp³-hybridized carbons (Fsp3) is 0.625. The SMILES string of the molecule is NC(C1CCCOC1)C1CCc2ccccc2C1. The highest BCUT2D eigenvalue weighted by molar-refractivity contribution is 5.30. The van der Waals surface area contributed by atoms with Gasteiger partial charge in [-0.25, -0.2) is 0 Å². The average Bonchev–Trinajstić information content (AvgIpc) is 2.47. The molecule has 1 aliphatic heterocycles. The second kappa shape index (κ2) is 5.41. The topological polar surface area (TPSA) is 35.2 Å². The van der Waals surface area contributed by atoms with Crippen LogP contribution in [0.15, 0.2) is 24.3 Å². The maximum absolute atomic E-state index is 6.50. The number of hydrogen-bond acceptors (Lipinski definition) is 2. The van der Waals surface area contributed by atoms with Gasteiger partial charge in [0.1, 0.15) is 0 Å². The molecule has 0 radical (unpaired) electrons. The van der Waals surface area contributed by atoms with Crippen LogP contribution in [0.2, 0.25) is 0 Å². The summed E-state index contributed by atoms with van der Waals surface area (Å²) in [6.45, 7) is 1.80. The van der Waals surface area contributed by atoms with Gasteiger partial charge < -0.3 is 10.5 Å². The van der Waals surface area contributed by atoms with Gasteiger partial charge in [0.2, 0.25) is 0 Å². The lowest BCUT2D eigenvalue weighted by Crippen LogP contribution is -2.43. The second-order valence-electron chi connectivity index (χ2n) is 5.83. The third kappa shape index (κ3) is 2.45. The van der Waals surface area contributed by atoms with Crippen molar-refractivity contribution in [2.24, 2.45) is 17.6 Å². The van der Waals surface area contributed by atoms with E-state index >= 15 is 0 Å². The molecule has 3 rings (SSSR count). The van der Waals surface area contributed by atoms with E-state index in [4.69, 9.17) is 10.5 Å². The molecule has 2 N–H and O–H groups in total. The minimum absolute atomic E-state index is 0.318. The highest BCUT2D eigenvalue weighted by Crippen LogP contribution is 2.31. The van der Waals surface area contributed by atoms with E-state index in [0.717, 1.165) is 19.6 Å². The van der Waals surface area contributed by atoms with Gasteiger partial charge in [0, 0.05) is 12.6 Å². The second-order valence-corrected chi connectivity index (χ2v) is 5.83. The normalized spacial score (nSPS) is 29.6. The molecule has 1 heterocycles. The molecule has 2 aliphatic rings. The summed E-state index contributed by atoms with van der Waals surface area (Å²) < 4.78 is 5.58. The van der Waals surface area contributed by atoms with Crippen molar-refractivity contribution < 1.29 is 4.74 Å². The standard InChI is InChI=1S/C16H23NO/c17-16(15-6-3-9-18-11-15)14-8-7-12-4-1-2-5-13(12)10-14/h1-2,4-5,14-16H,3,6-11,17H2. The van der Waals surface area contributed by atoms with Crippen LogP contribution in [0, 0.1) is 11.8 Å². The van der Waals surface area contributed by atoms with Gasteiger partial charge in [-0.3, -0.25) is 0 Å². The first-order valence-corrected chi connectivity index (χ1v) is 7.24. The Morgan fingerprint density at radius 2 is 1.94 bits per heavy atom. The van der Waals surface area contributed by atoms with Crippen molar-refractivity contribution in [1.82, 2.24) is 0 Å². The van der Waals surface area contributed by atoms with E-state index in [9.17, 15) is 0 Å². The molecule has 98 valence electrons. The molecular weight excluding hydrogens is 222 g/mol. The van der Waals surface area contributed by atoms with Gasteiger partial charge in [-0.05, 0) is 55.1 Å². The first-order chi connectivity index (χ1) is 8.84. The summed E-state index contributed by atoms with van der Waals surface area (Å²) in [5, 5.41) is 0. The van der Waals surface area contributed by atoms with Gasteiger partial charge in [0.15, 0.2) is 0 Å². The largest absolute Gasteiger partial charge is 0.381 e. The summed E-state index contributed by atoms with van der Waals surface area (Å²) in [5.74, 6) is 1.22. The van der Waals surface area contributed by atoms with E-state index < -0.39 is 0 Å². The molecule has 1 fully saturated rings. The molecule has 0 spiro atoms. The highest BCUT2D eigenvalue weighted by Gasteiger charge is 2.30. The van der Waals surface area contributed by atoms with E-state index in [1.807, 2.05) is 0 Å². The molecule has 1 aliphatic carbocycles. The first kappa shape index (κ1) is 12.2. The van der Waals surface area contributed by atoms with E-state index in [2.05, 4.69) is 24.3 Å². The van der Waals surface area contributed by atoms with Crippen LogP contribution in [0.25, 0.3) is 0 Å². The summed E-state index contributed by atoms with van der Waals surface area (Å²) in [7, 11) is 0. The van der Waals surface area contributed by atoms with Crippen LogP contribution in [0.3, 0.4) is 0 Å². The van der Waals surface area contributed by atoms with Crippen molar-refractivity contribution >= 4 is 0 Å². The quantitative estimate of drug-likeness (QED) is 0.869. The summed E-state index contributed by atoms with van der Waals surface area (Å²) in [6, 6.07) is 9.15. The maximum atomic E-state index is 6.50. The Hall–Kier alpha value is -0.860. The number of benzene rings is 1. The zero-order chi connectivity index (χ0) is 12.4. The Kier molecular flexibility index (Phi) is 3.67. The van der Waals surface area contributed by atoms with Gasteiger partial charge in [-0.1, -0.05) is 24.3 Å². The Labute approximate surface area is 110 Å². The zero-order valence-electron chi connectivity index (χ0n) is 11.0. The third-order valence-electron chi connectivity index (χ3n) is 4.67. The van der Waals surface area contributed by atoms with Crippen molar-refractivity contribution in [2.45, 2.75) is 38.1 Å². The van der Waals surface area contributed by atoms with E-state index in [0.29, 0.717) is 17.9 Å². The van der Waals surface area contributed by atoms with Gasteiger partial charge in [-0.15, -0.1) is 0 Å². The van der Waals surface area contributed by atoms with Crippen molar-refractivity contribution in [3.63, 3.8) is 0 Å². The fourth-order valence-corrected chi connectivity index (χ4v) is 3.51. The van der Waals surface area contributed by atoms with Gasteiger partial charge in [0.25, 0.3) is 0 Å². The predicted octanol–water partition coefficient (Wildman–Crippen LogP) is 2.55. The number of hydrogen-bond donors (Lipinski definition) is 1. The van der Waals surface area contributed by atoms with Crippen LogP contribution < -0.4 is 5.73 Å². The monoisotopic (exact) mass is 245 g/mol. The smallest absolute Gasteiger partial charge is 0.0509 e. The lowest BCUT2D eigenvalue weighted by atomic mass is 9.75. The minimum atomic E-state index is 0.318. The fourth-order valence-electron chi connectivity index (χ4n) is 3.51. The predicted molar refractivity (Wildman–Crippen MR) is 73.5 cm³/mol. The Balaban J connectivity index is 1.67. The lowest BCUT2D eigenvalue weighted by Gasteiger charge is -2.35. The van der Waals surface area contributed by atoms with Crippen molar-refractivity contribution in [3.05, 3.63) is 35.4 Å². The molecule has 18 heavy (non-hydrogen) atoms. The van der Waals surface area contributed by atoms with Gasteiger partial charge >= 0.3 is 0 Å². The zero-order valence-corrected chi connectivity index (χ0v) is 11.0. The number of aryl methyl sites for hydroxylation is 1. The minimum Gasteiger partial charge on any atom is -0.381 e. The summed E-state index contributed by atoms with van der Waals surface area (Å²) in [5.41, 5.74) is 9.54. The lowest BCUT2D eigenvalue weighted by molar-refractivity contribution is 0.0348. The molecule has 0 amide bonds. The molecular formula is C16H23NO. The van der Waals surface area contributed by atoms with Gasteiger partial charge in [0.05, 0.1) is 6.61 Å². The Morgan fingerprint density at radius 1 is 1.11 bits per heavy atom. The van der Waals surface area contributed by atoms with E-state index in [1.54, 1.807) is 0 Å². The molecule has 0 bridgehead atoms. The van der Waals surface area contributed by atoms with E-state index in [1.165, 1.54) is 36.8 Å². The van der Waals surface area contributed by atoms with Crippen LogP contribution >= 0.6 is 0 Å². The molecule has 1 saturated heterocycles. The molecule has 3 unspecified atom stereocenters. The highest BCUT2D eigenvalue weighted by atomic mass is 16.5. The van der Waals surface area contributed by atoms with Crippen molar-refractivity contribution in [1.29, 1.82) is 0 Å². The van der Waals surface area contributed by atoms with Crippen LogP contribution in [0.1, 0.15) is 30.4 Å². The Morgan fingerprint density at radius 3 is 2.72 bits per heavy atom. The molecule has 2 heteroatoms. The average molecular weight is 245 g/mol. The number of nitrogens with two attached hydrogens (primary N) is 1. The summed E-state index contributed by atoms with van der Waals surface area (Å²) in [4.78, 5) is 0. The first-order valence-electron chi connectivity index (χ1n) is 7.24. The molecule has 2 nitrogen and oxygen atoms in total. The molecule has 3 atom stereocenters. The Bertz CT molecular complexity index is 398. The maximum Gasteiger partial charge on any atom is 0.0509 e. The summed E-state index contributed by atoms with van der Waals surface area (Å²) in [6.07, 6.45) is 6.03. The number of fused-ring (bicyclic) bond motifs is 1. The molecule has 1 aromatic carbocycles. The van der Waals surface area contributed by atoms with Crippen molar-refractivity contribution in [2.75, 3.05) is 13.2 Å². The molecule has 0 aromatic heterocycles. The van der Waals surface area contributed by atoms with Gasteiger partial charge in [-0.2, -0.15) is 0 Å². The third-order valence-corrected chi connectivity index (χ3v) is 4.67.